The molecular weight excluding hydrogens is 474 g/mol. The van der Waals surface area contributed by atoms with Gasteiger partial charge < -0.3 is 0 Å². The third kappa shape index (κ3) is 4.23. The Morgan fingerprint density at radius 3 is 2.69 bits per heavy atom. The fourth-order valence-electron chi connectivity index (χ4n) is 3.46. The number of rotatable bonds is 4. The van der Waals surface area contributed by atoms with Crippen molar-refractivity contribution in [2.45, 2.75) is 37.1 Å². The Labute approximate surface area is 182 Å². The first-order valence-corrected chi connectivity index (χ1v) is 12.4. The van der Waals surface area contributed by atoms with E-state index in [1.807, 2.05) is 25.1 Å². The standard InChI is InChI=1S/C20H20BrN3O3S2/c1-13-4-2-3-11-24(13)29(26,27)16-8-5-14(6-9-16)19(25)23-20-22-17-10-7-15(21)12-18(17)28-20/h5-10,12-13H,2-4,11H2,1H3,(H,22,23,25)/t13-/m1/s1. The molecule has 0 unspecified atom stereocenters. The second-order valence-corrected chi connectivity index (χ2v) is 10.9. The monoisotopic (exact) mass is 493 g/mol. The smallest absolute Gasteiger partial charge is 0.257 e. The van der Waals surface area contributed by atoms with Gasteiger partial charge in [0.1, 0.15) is 0 Å². The number of benzene rings is 2. The van der Waals surface area contributed by atoms with Gasteiger partial charge in [-0.15, -0.1) is 0 Å². The number of anilines is 1. The lowest BCUT2D eigenvalue weighted by molar-refractivity contribution is 0.102. The number of thiazole rings is 1. The molecule has 1 aliphatic heterocycles. The van der Waals surface area contributed by atoms with Gasteiger partial charge in [0.2, 0.25) is 10.0 Å². The Bertz CT molecular complexity index is 1160. The van der Waals surface area contributed by atoms with E-state index in [4.69, 9.17) is 0 Å². The Balaban J connectivity index is 1.51. The van der Waals surface area contributed by atoms with Crippen LogP contribution < -0.4 is 5.32 Å². The highest BCUT2D eigenvalue weighted by molar-refractivity contribution is 9.10. The lowest BCUT2D eigenvalue weighted by atomic mass is 10.1. The van der Waals surface area contributed by atoms with Crippen LogP contribution in [0.2, 0.25) is 0 Å². The lowest BCUT2D eigenvalue weighted by Crippen LogP contribution is -2.41. The molecule has 29 heavy (non-hydrogen) atoms. The number of halogens is 1. The van der Waals surface area contributed by atoms with Gasteiger partial charge in [-0.3, -0.25) is 10.1 Å². The fourth-order valence-corrected chi connectivity index (χ4v) is 6.58. The molecule has 0 saturated carbocycles. The number of carbonyl (C=O) groups is 1. The van der Waals surface area contributed by atoms with E-state index in [0.717, 1.165) is 34.0 Å². The molecule has 1 atom stereocenters. The molecule has 2 aromatic carbocycles. The molecule has 0 bridgehead atoms. The van der Waals surface area contributed by atoms with Crippen molar-refractivity contribution in [3.8, 4) is 0 Å². The summed E-state index contributed by atoms with van der Waals surface area (Å²) in [5.41, 5.74) is 1.20. The minimum absolute atomic E-state index is 0.00389. The molecule has 2 heterocycles. The molecule has 1 saturated heterocycles. The van der Waals surface area contributed by atoms with Gasteiger partial charge in [0.25, 0.3) is 5.91 Å². The van der Waals surface area contributed by atoms with Crippen molar-refractivity contribution in [1.82, 2.24) is 9.29 Å². The minimum atomic E-state index is -3.55. The van der Waals surface area contributed by atoms with E-state index >= 15 is 0 Å². The summed E-state index contributed by atoms with van der Waals surface area (Å²) in [4.78, 5) is 17.2. The second-order valence-electron chi connectivity index (χ2n) is 7.07. The zero-order valence-electron chi connectivity index (χ0n) is 15.8. The number of carbonyl (C=O) groups excluding carboxylic acids is 1. The van der Waals surface area contributed by atoms with Crippen molar-refractivity contribution in [2.75, 3.05) is 11.9 Å². The van der Waals surface area contributed by atoms with Crippen LogP contribution in [-0.2, 0) is 10.0 Å². The highest BCUT2D eigenvalue weighted by atomic mass is 79.9. The van der Waals surface area contributed by atoms with Gasteiger partial charge in [0, 0.05) is 22.6 Å². The van der Waals surface area contributed by atoms with Crippen LogP contribution in [-0.4, -0.2) is 36.2 Å². The van der Waals surface area contributed by atoms with Gasteiger partial charge in [-0.25, -0.2) is 13.4 Å². The van der Waals surface area contributed by atoms with Crippen molar-refractivity contribution < 1.29 is 13.2 Å². The number of aromatic nitrogens is 1. The number of amides is 1. The summed E-state index contributed by atoms with van der Waals surface area (Å²) in [5.74, 6) is -0.321. The van der Waals surface area contributed by atoms with Crippen LogP contribution in [0.25, 0.3) is 10.2 Å². The average Bonchev–Trinajstić information content (AvgIpc) is 3.09. The molecule has 0 spiro atoms. The lowest BCUT2D eigenvalue weighted by Gasteiger charge is -2.32. The topological polar surface area (TPSA) is 79.4 Å². The molecule has 1 aliphatic rings. The number of piperidine rings is 1. The van der Waals surface area contributed by atoms with Crippen LogP contribution in [0.15, 0.2) is 51.8 Å². The Kier molecular flexibility index (Phi) is 5.74. The van der Waals surface area contributed by atoms with E-state index in [1.165, 1.54) is 23.5 Å². The first-order chi connectivity index (χ1) is 13.8. The molecule has 6 nitrogen and oxygen atoms in total. The number of fused-ring (bicyclic) bond motifs is 1. The van der Waals surface area contributed by atoms with Crippen LogP contribution in [0.5, 0.6) is 0 Å². The van der Waals surface area contributed by atoms with Gasteiger partial charge in [-0.1, -0.05) is 33.7 Å². The highest BCUT2D eigenvalue weighted by Gasteiger charge is 2.30. The van der Waals surface area contributed by atoms with Crippen LogP contribution in [0.1, 0.15) is 36.5 Å². The molecule has 4 rings (SSSR count). The van der Waals surface area contributed by atoms with Crippen LogP contribution >= 0.6 is 27.3 Å². The van der Waals surface area contributed by atoms with E-state index in [1.54, 1.807) is 16.4 Å². The average molecular weight is 494 g/mol. The number of sulfonamides is 1. The number of hydrogen-bond donors (Lipinski definition) is 1. The highest BCUT2D eigenvalue weighted by Crippen LogP contribution is 2.29. The van der Waals surface area contributed by atoms with Crippen LogP contribution in [0.3, 0.4) is 0 Å². The molecular formula is C20H20BrN3O3S2. The molecule has 1 N–H and O–H groups in total. The predicted octanol–water partition coefficient (Wildman–Crippen LogP) is 4.87. The van der Waals surface area contributed by atoms with Crippen LogP contribution in [0, 0.1) is 0 Å². The minimum Gasteiger partial charge on any atom is -0.298 e. The van der Waals surface area contributed by atoms with Crippen molar-refractivity contribution in [3.63, 3.8) is 0 Å². The van der Waals surface area contributed by atoms with Gasteiger partial charge in [0.15, 0.2) is 5.13 Å². The summed E-state index contributed by atoms with van der Waals surface area (Å²) in [6, 6.07) is 11.8. The molecule has 1 aromatic heterocycles. The number of nitrogens with zero attached hydrogens (tertiary/aromatic N) is 2. The zero-order chi connectivity index (χ0) is 20.6. The van der Waals surface area contributed by atoms with E-state index in [0.29, 0.717) is 17.2 Å². The maximum Gasteiger partial charge on any atom is 0.257 e. The van der Waals surface area contributed by atoms with E-state index < -0.39 is 10.0 Å². The van der Waals surface area contributed by atoms with Gasteiger partial charge in [-0.2, -0.15) is 4.31 Å². The first kappa shape index (κ1) is 20.5. The quantitative estimate of drug-likeness (QED) is 0.561. The van der Waals surface area contributed by atoms with Gasteiger partial charge in [0.05, 0.1) is 15.1 Å². The summed E-state index contributed by atoms with van der Waals surface area (Å²) >= 11 is 4.81. The molecule has 1 amide bonds. The SMILES string of the molecule is C[C@@H]1CCCCN1S(=O)(=O)c1ccc(C(=O)Nc2nc3ccc(Br)cc3s2)cc1. The maximum atomic E-state index is 12.9. The van der Waals surface area contributed by atoms with Crippen LogP contribution in [0.4, 0.5) is 5.13 Å². The van der Waals surface area contributed by atoms with E-state index in [2.05, 4.69) is 26.2 Å². The summed E-state index contributed by atoms with van der Waals surface area (Å²) in [6.07, 6.45) is 2.80. The molecule has 152 valence electrons. The normalized spacial score (nSPS) is 18.1. The van der Waals surface area contributed by atoms with E-state index in [9.17, 15) is 13.2 Å². The second kappa shape index (κ2) is 8.14. The molecule has 3 aromatic rings. The van der Waals surface area contributed by atoms with Gasteiger partial charge in [-0.05, 0) is 62.2 Å². The summed E-state index contributed by atoms with van der Waals surface area (Å²) in [5, 5.41) is 3.29. The Morgan fingerprint density at radius 2 is 1.97 bits per heavy atom. The maximum absolute atomic E-state index is 12.9. The largest absolute Gasteiger partial charge is 0.298 e. The predicted molar refractivity (Wildman–Crippen MR) is 119 cm³/mol. The zero-order valence-corrected chi connectivity index (χ0v) is 19.0. The Morgan fingerprint density at radius 1 is 1.21 bits per heavy atom. The summed E-state index contributed by atoms with van der Waals surface area (Å²) < 4.78 is 29.3. The van der Waals surface area contributed by atoms with Crippen molar-refractivity contribution in [1.29, 1.82) is 0 Å². The Hall–Kier alpha value is -1.81. The van der Waals surface area contributed by atoms with Gasteiger partial charge >= 0.3 is 0 Å². The third-order valence-corrected chi connectivity index (χ3v) is 8.49. The summed E-state index contributed by atoms with van der Waals surface area (Å²) in [6.45, 7) is 2.48. The van der Waals surface area contributed by atoms with Crippen molar-refractivity contribution in [3.05, 3.63) is 52.5 Å². The van der Waals surface area contributed by atoms with E-state index in [-0.39, 0.29) is 16.8 Å². The fraction of sp³-hybridized carbons (Fsp3) is 0.300. The molecule has 9 heteroatoms. The molecule has 0 radical (unpaired) electrons. The summed E-state index contributed by atoms with van der Waals surface area (Å²) in [7, 11) is -3.55. The third-order valence-electron chi connectivity index (χ3n) is 5.04. The number of hydrogen-bond acceptors (Lipinski definition) is 5. The molecule has 1 fully saturated rings. The molecule has 0 aliphatic carbocycles. The van der Waals surface area contributed by atoms with Crippen molar-refractivity contribution in [2.24, 2.45) is 0 Å². The number of nitrogens with one attached hydrogen (secondary N) is 1. The first-order valence-electron chi connectivity index (χ1n) is 9.34. The van der Waals surface area contributed by atoms with Crippen molar-refractivity contribution >= 4 is 58.5 Å².